The van der Waals surface area contributed by atoms with E-state index < -0.39 is 23.4 Å². The molecule has 0 saturated carbocycles. The number of pyridine rings is 1. The monoisotopic (exact) mass is 288 g/mol. The standard InChI is InChI=1S/C12H11F3N2O3/c1-3-20-11(18)9-7-5-4-6-8(19-2)17(7)16-10(9)12(13,14)15/h4-6H,3H2,1-2H3. The van der Waals surface area contributed by atoms with Crippen molar-refractivity contribution in [2.24, 2.45) is 0 Å². The summed E-state index contributed by atoms with van der Waals surface area (Å²) in [6.45, 7) is 1.48. The molecule has 0 saturated heterocycles. The molecule has 0 fully saturated rings. The highest BCUT2D eigenvalue weighted by atomic mass is 19.4. The van der Waals surface area contributed by atoms with Gasteiger partial charge in [0.25, 0.3) is 0 Å². The first-order chi connectivity index (χ1) is 9.40. The predicted molar refractivity (Wildman–Crippen MR) is 62.7 cm³/mol. The van der Waals surface area contributed by atoms with Crippen molar-refractivity contribution < 1.29 is 27.4 Å². The van der Waals surface area contributed by atoms with Crippen LogP contribution in [0.2, 0.25) is 0 Å². The van der Waals surface area contributed by atoms with Gasteiger partial charge in [-0.15, -0.1) is 0 Å². The minimum Gasteiger partial charge on any atom is -0.481 e. The van der Waals surface area contributed by atoms with Crippen molar-refractivity contribution in [2.45, 2.75) is 13.1 Å². The summed E-state index contributed by atoms with van der Waals surface area (Å²) in [6.07, 6.45) is -4.76. The van der Waals surface area contributed by atoms with Gasteiger partial charge in [0.05, 0.1) is 19.2 Å². The second-order valence-corrected chi connectivity index (χ2v) is 3.81. The molecular formula is C12H11F3N2O3. The maximum absolute atomic E-state index is 13.0. The molecule has 2 heterocycles. The third-order valence-electron chi connectivity index (χ3n) is 2.58. The molecule has 0 aromatic carbocycles. The minimum atomic E-state index is -4.76. The van der Waals surface area contributed by atoms with Crippen LogP contribution in [0.4, 0.5) is 13.2 Å². The molecule has 20 heavy (non-hydrogen) atoms. The van der Waals surface area contributed by atoms with E-state index in [1.807, 2.05) is 0 Å². The number of carbonyl (C=O) groups excluding carboxylic acids is 1. The highest BCUT2D eigenvalue weighted by Crippen LogP contribution is 2.34. The van der Waals surface area contributed by atoms with Crippen LogP contribution in [0.25, 0.3) is 5.52 Å². The Morgan fingerprint density at radius 2 is 2.10 bits per heavy atom. The first-order valence-electron chi connectivity index (χ1n) is 5.70. The van der Waals surface area contributed by atoms with E-state index in [4.69, 9.17) is 4.74 Å². The summed E-state index contributed by atoms with van der Waals surface area (Å²) in [6, 6.07) is 4.25. The van der Waals surface area contributed by atoms with Crippen LogP contribution in [-0.2, 0) is 10.9 Å². The summed E-state index contributed by atoms with van der Waals surface area (Å²) < 4.78 is 49.5. The van der Waals surface area contributed by atoms with Gasteiger partial charge in [-0.05, 0) is 13.0 Å². The van der Waals surface area contributed by atoms with E-state index in [0.717, 1.165) is 4.52 Å². The fourth-order valence-corrected chi connectivity index (χ4v) is 1.80. The van der Waals surface area contributed by atoms with E-state index in [2.05, 4.69) is 9.84 Å². The topological polar surface area (TPSA) is 52.8 Å². The number of rotatable bonds is 3. The molecule has 2 aromatic rings. The molecule has 8 heteroatoms. The molecule has 0 N–H and O–H groups in total. The molecule has 0 aliphatic rings. The summed E-state index contributed by atoms with van der Waals surface area (Å²) in [4.78, 5) is 11.8. The number of methoxy groups -OCH3 is 1. The Morgan fingerprint density at radius 3 is 2.65 bits per heavy atom. The Hall–Kier alpha value is -2.25. The van der Waals surface area contributed by atoms with Gasteiger partial charge in [-0.25, -0.2) is 4.79 Å². The highest BCUT2D eigenvalue weighted by Gasteiger charge is 2.41. The van der Waals surface area contributed by atoms with Gasteiger partial charge in [0.15, 0.2) is 5.69 Å². The van der Waals surface area contributed by atoms with Crippen LogP contribution >= 0.6 is 0 Å². The number of nitrogens with zero attached hydrogens (tertiary/aromatic N) is 2. The predicted octanol–water partition coefficient (Wildman–Crippen LogP) is 2.54. The van der Waals surface area contributed by atoms with E-state index in [1.54, 1.807) is 0 Å². The molecule has 5 nitrogen and oxygen atoms in total. The Bertz CT molecular complexity index is 649. The van der Waals surface area contributed by atoms with E-state index >= 15 is 0 Å². The molecule has 0 atom stereocenters. The lowest BCUT2D eigenvalue weighted by atomic mass is 10.2. The molecule has 0 bridgehead atoms. The van der Waals surface area contributed by atoms with Crippen LogP contribution < -0.4 is 4.74 Å². The van der Waals surface area contributed by atoms with Gasteiger partial charge in [-0.3, -0.25) is 0 Å². The second-order valence-electron chi connectivity index (χ2n) is 3.81. The van der Waals surface area contributed by atoms with Gasteiger partial charge in [-0.2, -0.15) is 22.8 Å². The van der Waals surface area contributed by atoms with Gasteiger partial charge >= 0.3 is 12.1 Å². The van der Waals surface area contributed by atoms with Gasteiger partial charge in [0.2, 0.25) is 5.88 Å². The fourth-order valence-electron chi connectivity index (χ4n) is 1.80. The first-order valence-corrected chi connectivity index (χ1v) is 5.70. The van der Waals surface area contributed by atoms with Crippen LogP contribution in [0.5, 0.6) is 5.88 Å². The molecule has 0 amide bonds. The Labute approximate surface area is 111 Å². The number of halogens is 3. The Morgan fingerprint density at radius 1 is 1.40 bits per heavy atom. The maximum Gasteiger partial charge on any atom is 0.436 e. The minimum absolute atomic E-state index is 0.0184. The number of fused-ring (bicyclic) bond motifs is 1. The third-order valence-corrected chi connectivity index (χ3v) is 2.58. The van der Waals surface area contributed by atoms with Crippen molar-refractivity contribution in [3.8, 4) is 5.88 Å². The first kappa shape index (κ1) is 14.2. The normalized spacial score (nSPS) is 11.7. The largest absolute Gasteiger partial charge is 0.481 e. The van der Waals surface area contributed by atoms with Crippen LogP contribution in [0, 0.1) is 0 Å². The SMILES string of the molecule is CCOC(=O)c1c(C(F)(F)F)nn2c(OC)cccc12. The lowest BCUT2D eigenvalue weighted by Crippen LogP contribution is -2.14. The van der Waals surface area contributed by atoms with Crippen molar-refractivity contribution in [1.82, 2.24) is 9.61 Å². The van der Waals surface area contributed by atoms with Gasteiger partial charge in [-0.1, -0.05) is 6.07 Å². The number of alkyl halides is 3. The molecule has 0 aliphatic carbocycles. The van der Waals surface area contributed by atoms with Gasteiger partial charge < -0.3 is 9.47 Å². The zero-order chi connectivity index (χ0) is 14.9. The van der Waals surface area contributed by atoms with E-state index in [1.165, 1.54) is 32.2 Å². The summed E-state index contributed by atoms with van der Waals surface area (Å²) in [5.74, 6) is -0.980. The third kappa shape index (κ3) is 2.28. The van der Waals surface area contributed by atoms with E-state index in [9.17, 15) is 18.0 Å². The molecule has 2 aromatic heterocycles. The fraction of sp³-hybridized carbons (Fsp3) is 0.333. The molecule has 0 unspecified atom stereocenters. The molecule has 108 valence electrons. The number of esters is 1. The Kier molecular flexibility index (Phi) is 3.56. The Balaban J connectivity index is 2.77. The van der Waals surface area contributed by atoms with E-state index in [0.29, 0.717) is 0 Å². The van der Waals surface area contributed by atoms with Crippen LogP contribution in [0.15, 0.2) is 18.2 Å². The smallest absolute Gasteiger partial charge is 0.436 e. The van der Waals surface area contributed by atoms with Crippen LogP contribution in [0.1, 0.15) is 23.0 Å². The summed E-state index contributed by atoms with van der Waals surface area (Å²) in [7, 11) is 1.30. The van der Waals surface area contributed by atoms with Crippen molar-refractivity contribution in [2.75, 3.05) is 13.7 Å². The van der Waals surface area contributed by atoms with Crippen molar-refractivity contribution in [3.05, 3.63) is 29.5 Å². The summed E-state index contributed by atoms with van der Waals surface area (Å²) in [5, 5.41) is 3.42. The van der Waals surface area contributed by atoms with Gasteiger partial charge in [0, 0.05) is 6.07 Å². The molecule has 0 radical (unpaired) electrons. The van der Waals surface area contributed by atoms with E-state index in [-0.39, 0.29) is 18.0 Å². The maximum atomic E-state index is 13.0. The molecule has 0 spiro atoms. The van der Waals surface area contributed by atoms with Gasteiger partial charge in [0.1, 0.15) is 5.56 Å². The lowest BCUT2D eigenvalue weighted by molar-refractivity contribution is -0.141. The van der Waals surface area contributed by atoms with Crippen molar-refractivity contribution in [1.29, 1.82) is 0 Å². The molecule has 0 aliphatic heterocycles. The summed E-state index contributed by atoms with van der Waals surface area (Å²) in [5.41, 5.74) is -1.92. The number of hydrogen-bond acceptors (Lipinski definition) is 4. The zero-order valence-corrected chi connectivity index (χ0v) is 10.7. The van der Waals surface area contributed by atoms with Crippen LogP contribution in [-0.4, -0.2) is 29.3 Å². The van der Waals surface area contributed by atoms with Crippen molar-refractivity contribution >= 4 is 11.5 Å². The number of hydrogen-bond donors (Lipinski definition) is 0. The summed E-state index contributed by atoms with van der Waals surface area (Å²) >= 11 is 0. The number of carbonyl (C=O) groups is 1. The quantitative estimate of drug-likeness (QED) is 0.814. The second kappa shape index (κ2) is 5.03. The zero-order valence-electron chi connectivity index (χ0n) is 10.7. The number of aromatic nitrogens is 2. The average Bonchev–Trinajstić information content (AvgIpc) is 2.78. The molecular weight excluding hydrogens is 277 g/mol. The lowest BCUT2D eigenvalue weighted by Gasteiger charge is -2.05. The number of ether oxygens (including phenoxy) is 2. The highest BCUT2D eigenvalue weighted by molar-refractivity contribution is 5.98. The molecule has 2 rings (SSSR count). The van der Waals surface area contributed by atoms with Crippen LogP contribution in [0.3, 0.4) is 0 Å². The average molecular weight is 288 g/mol. The van der Waals surface area contributed by atoms with Crippen molar-refractivity contribution in [3.63, 3.8) is 0 Å².